The number of benzene rings is 1. The number of carbonyl (C=O) groups excluding carboxylic acids is 1. The van der Waals surface area contributed by atoms with Gasteiger partial charge in [0.05, 0.1) is 0 Å². The summed E-state index contributed by atoms with van der Waals surface area (Å²) in [5, 5.41) is 3.10. The lowest BCUT2D eigenvalue weighted by molar-refractivity contribution is -0.128. The number of rotatable bonds is 6. The van der Waals surface area contributed by atoms with Crippen LogP contribution in [0.5, 0.6) is 5.75 Å². The van der Waals surface area contributed by atoms with E-state index < -0.39 is 6.10 Å². The fourth-order valence-corrected chi connectivity index (χ4v) is 3.91. The van der Waals surface area contributed by atoms with Crippen LogP contribution in [0.25, 0.3) is 0 Å². The highest BCUT2D eigenvalue weighted by atomic mass is 19.1. The molecule has 1 N–H and O–H groups in total. The summed E-state index contributed by atoms with van der Waals surface area (Å²) in [5.41, 5.74) is 0. The molecule has 3 rings (SSSR count). The Balaban J connectivity index is 1.38. The van der Waals surface area contributed by atoms with Gasteiger partial charge in [-0.15, -0.1) is 0 Å². The van der Waals surface area contributed by atoms with Gasteiger partial charge in [-0.2, -0.15) is 0 Å². The standard InChI is InChI=1S/C20H29FN2O2/c1-15(25-19-8-6-17(21)7-9-19)20(24)22-18-10-12-23(13-11-18)14-16-4-2-3-5-16/h6-9,15-16,18H,2-5,10-14H2,1H3,(H,22,24). The Morgan fingerprint density at radius 1 is 1.20 bits per heavy atom. The first-order valence-corrected chi connectivity index (χ1v) is 9.55. The molecule has 0 bridgehead atoms. The number of nitrogens with zero attached hydrogens (tertiary/aromatic N) is 1. The fraction of sp³-hybridized carbons (Fsp3) is 0.650. The number of amides is 1. The third-order valence-corrected chi connectivity index (χ3v) is 5.42. The van der Waals surface area contributed by atoms with Gasteiger partial charge in [-0.25, -0.2) is 4.39 Å². The molecule has 1 aliphatic carbocycles. The first kappa shape index (κ1) is 18.2. The van der Waals surface area contributed by atoms with Crippen LogP contribution in [0, 0.1) is 11.7 Å². The molecule has 0 spiro atoms. The van der Waals surface area contributed by atoms with Gasteiger partial charge >= 0.3 is 0 Å². The van der Waals surface area contributed by atoms with Crippen molar-refractivity contribution in [2.75, 3.05) is 19.6 Å². The summed E-state index contributed by atoms with van der Waals surface area (Å²) in [6, 6.07) is 5.98. The highest BCUT2D eigenvalue weighted by Gasteiger charge is 2.25. The van der Waals surface area contributed by atoms with E-state index in [9.17, 15) is 9.18 Å². The zero-order valence-corrected chi connectivity index (χ0v) is 15.0. The average Bonchev–Trinajstić information content (AvgIpc) is 3.11. The topological polar surface area (TPSA) is 41.6 Å². The van der Waals surface area contributed by atoms with Crippen LogP contribution in [0.4, 0.5) is 4.39 Å². The van der Waals surface area contributed by atoms with Crippen molar-refractivity contribution in [2.24, 2.45) is 5.92 Å². The highest BCUT2D eigenvalue weighted by Crippen LogP contribution is 2.26. The van der Waals surface area contributed by atoms with Gasteiger partial charge in [0.1, 0.15) is 11.6 Å². The van der Waals surface area contributed by atoms with E-state index in [0.29, 0.717) is 5.75 Å². The predicted octanol–water partition coefficient (Wildman–Crippen LogP) is 3.36. The SMILES string of the molecule is CC(Oc1ccc(F)cc1)C(=O)NC1CCN(CC2CCCC2)CC1. The molecule has 0 aromatic heterocycles. The van der Waals surface area contributed by atoms with Crippen LogP contribution >= 0.6 is 0 Å². The minimum absolute atomic E-state index is 0.0985. The van der Waals surface area contributed by atoms with E-state index >= 15 is 0 Å². The molecule has 2 aliphatic rings. The van der Waals surface area contributed by atoms with Gasteiger partial charge in [0, 0.05) is 25.7 Å². The van der Waals surface area contributed by atoms with Crippen LogP contribution in [0.1, 0.15) is 45.4 Å². The van der Waals surface area contributed by atoms with E-state index in [1.54, 1.807) is 19.1 Å². The maximum atomic E-state index is 12.9. The van der Waals surface area contributed by atoms with Crippen LogP contribution in [-0.2, 0) is 4.79 Å². The minimum Gasteiger partial charge on any atom is -0.481 e. The fourth-order valence-electron chi connectivity index (χ4n) is 3.91. The molecule has 5 heteroatoms. The van der Waals surface area contributed by atoms with Crippen LogP contribution in [-0.4, -0.2) is 42.6 Å². The van der Waals surface area contributed by atoms with E-state index in [0.717, 1.165) is 31.8 Å². The molecule has 1 saturated carbocycles. The molecule has 1 atom stereocenters. The molecule has 2 fully saturated rings. The number of ether oxygens (including phenoxy) is 1. The van der Waals surface area contributed by atoms with Crippen molar-refractivity contribution in [1.82, 2.24) is 10.2 Å². The molecule has 1 aromatic rings. The third-order valence-electron chi connectivity index (χ3n) is 5.42. The van der Waals surface area contributed by atoms with Crippen LogP contribution in [0.3, 0.4) is 0 Å². The first-order chi connectivity index (χ1) is 12.1. The zero-order chi connectivity index (χ0) is 17.6. The Labute approximate surface area is 149 Å². The Kier molecular flexibility index (Phi) is 6.29. The van der Waals surface area contributed by atoms with Gasteiger partial charge in [0.25, 0.3) is 5.91 Å². The summed E-state index contributed by atoms with van der Waals surface area (Å²) < 4.78 is 18.5. The average molecular weight is 348 g/mol. The Morgan fingerprint density at radius 3 is 2.48 bits per heavy atom. The molecule has 0 radical (unpaired) electrons. The number of hydrogen-bond acceptors (Lipinski definition) is 3. The normalized spacial score (nSPS) is 21.2. The van der Waals surface area contributed by atoms with Gasteiger partial charge in [0.15, 0.2) is 6.10 Å². The lowest BCUT2D eigenvalue weighted by atomic mass is 10.0. The zero-order valence-electron chi connectivity index (χ0n) is 15.0. The van der Waals surface area contributed by atoms with Crippen molar-refractivity contribution in [3.63, 3.8) is 0 Å². The van der Waals surface area contributed by atoms with Gasteiger partial charge < -0.3 is 15.0 Å². The molecular weight excluding hydrogens is 319 g/mol. The molecule has 138 valence electrons. The molecule has 1 heterocycles. The van der Waals surface area contributed by atoms with E-state index in [4.69, 9.17) is 4.74 Å². The lowest BCUT2D eigenvalue weighted by Crippen LogP contribution is -2.48. The Hall–Kier alpha value is -1.62. The van der Waals surface area contributed by atoms with Gasteiger partial charge in [-0.1, -0.05) is 12.8 Å². The molecular formula is C20H29FN2O2. The van der Waals surface area contributed by atoms with Crippen molar-refractivity contribution in [1.29, 1.82) is 0 Å². The Bertz CT molecular complexity index is 549. The first-order valence-electron chi connectivity index (χ1n) is 9.55. The smallest absolute Gasteiger partial charge is 0.260 e. The third kappa shape index (κ3) is 5.43. The second-order valence-electron chi connectivity index (χ2n) is 7.45. The van der Waals surface area contributed by atoms with Gasteiger partial charge in [-0.05, 0) is 62.8 Å². The van der Waals surface area contributed by atoms with E-state index in [-0.39, 0.29) is 17.8 Å². The quantitative estimate of drug-likeness (QED) is 0.857. The number of carbonyl (C=O) groups is 1. The molecule has 1 amide bonds. The van der Waals surface area contributed by atoms with E-state index in [1.807, 2.05) is 0 Å². The lowest BCUT2D eigenvalue weighted by Gasteiger charge is -2.34. The highest BCUT2D eigenvalue weighted by molar-refractivity contribution is 5.81. The van der Waals surface area contributed by atoms with Gasteiger partial charge in [0.2, 0.25) is 0 Å². The summed E-state index contributed by atoms with van der Waals surface area (Å²) in [6.07, 6.45) is 6.97. The summed E-state index contributed by atoms with van der Waals surface area (Å²) in [7, 11) is 0. The summed E-state index contributed by atoms with van der Waals surface area (Å²) in [6.45, 7) is 5.09. The number of piperidine rings is 1. The summed E-state index contributed by atoms with van der Waals surface area (Å²) >= 11 is 0. The Morgan fingerprint density at radius 2 is 1.84 bits per heavy atom. The maximum absolute atomic E-state index is 12.9. The van der Waals surface area contributed by atoms with Crippen molar-refractivity contribution >= 4 is 5.91 Å². The van der Waals surface area contributed by atoms with Crippen molar-refractivity contribution in [3.8, 4) is 5.75 Å². The maximum Gasteiger partial charge on any atom is 0.260 e. The van der Waals surface area contributed by atoms with E-state index in [1.165, 1.54) is 44.4 Å². The van der Waals surface area contributed by atoms with Crippen molar-refractivity contribution < 1.29 is 13.9 Å². The van der Waals surface area contributed by atoms with Gasteiger partial charge in [-0.3, -0.25) is 4.79 Å². The minimum atomic E-state index is -0.582. The van der Waals surface area contributed by atoms with Crippen LogP contribution in [0.15, 0.2) is 24.3 Å². The molecule has 4 nitrogen and oxygen atoms in total. The summed E-state index contributed by atoms with van der Waals surface area (Å²) in [4.78, 5) is 14.9. The number of likely N-dealkylation sites (tertiary alicyclic amines) is 1. The molecule has 1 saturated heterocycles. The van der Waals surface area contributed by atoms with E-state index in [2.05, 4.69) is 10.2 Å². The molecule has 1 aliphatic heterocycles. The number of halogens is 1. The largest absolute Gasteiger partial charge is 0.481 e. The monoisotopic (exact) mass is 348 g/mol. The molecule has 1 unspecified atom stereocenters. The van der Waals surface area contributed by atoms with Crippen molar-refractivity contribution in [2.45, 2.75) is 57.6 Å². The number of nitrogens with one attached hydrogen (secondary N) is 1. The molecule has 1 aromatic carbocycles. The number of hydrogen-bond donors (Lipinski definition) is 1. The molecule has 25 heavy (non-hydrogen) atoms. The van der Waals surface area contributed by atoms with Crippen LogP contribution in [0.2, 0.25) is 0 Å². The van der Waals surface area contributed by atoms with Crippen molar-refractivity contribution in [3.05, 3.63) is 30.1 Å². The second kappa shape index (κ2) is 8.65. The predicted molar refractivity (Wildman–Crippen MR) is 96.1 cm³/mol. The second-order valence-corrected chi connectivity index (χ2v) is 7.45. The van der Waals surface area contributed by atoms with Crippen LogP contribution < -0.4 is 10.1 Å². The summed E-state index contributed by atoms with van der Waals surface area (Å²) in [5.74, 6) is 0.984.